The Morgan fingerprint density at radius 2 is 2.04 bits per heavy atom. The Labute approximate surface area is 150 Å². The predicted octanol–water partition coefficient (Wildman–Crippen LogP) is 3.20. The number of carbonyl (C=O) groups excluding carboxylic acids is 1. The summed E-state index contributed by atoms with van der Waals surface area (Å²) in [5.74, 6) is 0.729. The summed E-state index contributed by atoms with van der Waals surface area (Å²) < 4.78 is 6.31. The third-order valence-electron chi connectivity index (χ3n) is 3.92. The van der Waals surface area contributed by atoms with Crippen molar-refractivity contribution in [3.05, 3.63) is 17.2 Å². The van der Waals surface area contributed by atoms with Gasteiger partial charge in [-0.3, -0.25) is 0 Å². The lowest BCUT2D eigenvalue weighted by Gasteiger charge is -2.34. The minimum atomic E-state index is -0.00124. The van der Waals surface area contributed by atoms with Crippen LogP contribution in [0.2, 0.25) is 5.02 Å². The first-order valence-electron chi connectivity index (χ1n) is 7.93. The normalized spacial score (nSPS) is 15.2. The van der Waals surface area contributed by atoms with Crippen LogP contribution in [0.3, 0.4) is 0 Å². The highest BCUT2D eigenvalue weighted by molar-refractivity contribution is 7.22. The van der Waals surface area contributed by atoms with Crippen molar-refractivity contribution in [1.29, 1.82) is 0 Å². The van der Waals surface area contributed by atoms with Crippen molar-refractivity contribution in [2.45, 2.75) is 19.9 Å². The maximum absolute atomic E-state index is 12.1. The molecule has 1 aromatic heterocycles. The van der Waals surface area contributed by atoms with Crippen molar-refractivity contribution in [1.82, 2.24) is 15.2 Å². The van der Waals surface area contributed by atoms with Gasteiger partial charge in [0, 0.05) is 32.2 Å². The van der Waals surface area contributed by atoms with Crippen LogP contribution in [0.5, 0.6) is 5.75 Å². The Hall–Kier alpha value is -1.73. The largest absolute Gasteiger partial charge is 0.494 e. The fourth-order valence-corrected chi connectivity index (χ4v) is 3.99. The molecule has 0 radical (unpaired) electrons. The fourth-order valence-electron chi connectivity index (χ4n) is 2.68. The van der Waals surface area contributed by atoms with E-state index in [2.05, 4.69) is 10.2 Å². The lowest BCUT2D eigenvalue weighted by atomic mass is 10.3. The van der Waals surface area contributed by atoms with Crippen molar-refractivity contribution in [2.75, 3.05) is 38.2 Å². The zero-order valence-electron chi connectivity index (χ0n) is 14.0. The van der Waals surface area contributed by atoms with Crippen molar-refractivity contribution >= 4 is 44.3 Å². The number of amides is 2. The Balaban J connectivity index is 1.74. The van der Waals surface area contributed by atoms with Crippen LogP contribution in [0, 0.1) is 0 Å². The van der Waals surface area contributed by atoms with Crippen LogP contribution in [0.25, 0.3) is 10.2 Å². The summed E-state index contributed by atoms with van der Waals surface area (Å²) in [6, 6.07) is 3.81. The first kappa shape index (κ1) is 17.1. The molecule has 1 saturated heterocycles. The highest BCUT2D eigenvalue weighted by atomic mass is 35.5. The molecule has 2 heterocycles. The summed E-state index contributed by atoms with van der Waals surface area (Å²) in [7, 11) is 1.63. The number of carbonyl (C=O) groups is 1. The van der Waals surface area contributed by atoms with Crippen LogP contribution in [-0.2, 0) is 0 Å². The first-order chi connectivity index (χ1) is 11.5. The average Bonchev–Trinajstić information content (AvgIpc) is 3.01. The van der Waals surface area contributed by atoms with Crippen molar-refractivity contribution < 1.29 is 9.53 Å². The van der Waals surface area contributed by atoms with Crippen LogP contribution >= 0.6 is 22.9 Å². The molecule has 1 fully saturated rings. The molecule has 8 heteroatoms. The smallest absolute Gasteiger partial charge is 0.317 e. The Bertz CT molecular complexity index is 741. The Kier molecular flexibility index (Phi) is 5.01. The van der Waals surface area contributed by atoms with Gasteiger partial charge in [0.25, 0.3) is 0 Å². The first-order valence-corrected chi connectivity index (χ1v) is 9.12. The number of fused-ring (bicyclic) bond motifs is 1. The summed E-state index contributed by atoms with van der Waals surface area (Å²) in [5.41, 5.74) is 0.796. The summed E-state index contributed by atoms with van der Waals surface area (Å²) in [4.78, 5) is 20.8. The number of urea groups is 1. The number of nitrogens with zero attached hydrogens (tertiary/aromatic N) is 3. The number of anilines is 1. The second-order valence-electron chi connectivity index (χ2n) is 6.00. The van der Waals surface area contributed by atoms with Gasteiger partial charge in [-0.25, -0.2) is 9.78 Å². The number of aromatic nitrogens is 1. The number of rotatable bonds is 3. The summed E-state index contributed by atoms with van der Waals surface area (Å²) in [6.45, 7) is 6.80. The summed E-state index contributed by atoms with van der Waals surface area (Å²) in [6.07, 6.45) is 0. The number of hydrogen-bond acceptors (Lipinski definition) is 5. The lowest BCUT2D eigenvalue weighted by molar-refractivity contribution is 0.192. The number of hydrogen-bond donors (Lipinski definition) is 1. The van der Waals surface area contributed by atoms with Gasteiger partial charge >= 0.3 is 6.03 Å². The van der Waals surface area contributed by atoms with Gasteiger partial charge < -0.3 is 19.9 Å². The highest BCUT2D eigenvalue weighted by Crippen LogP contribution is 2.38. The van der Waals surface area contributed by atoms with Crippen LogP contribution in [-0.4, -0.2) is 55.2 Å². The molecule has 2 amide bonds. The molecule has 0 atom stereocenters. The van der Waals surface area contributed by atoms with Crippen molar-refractivity contribution in [3.63, 3.8) is 0 Å². The number of ether oxygens (including phenoxy) is 1. The van der Waals surface area contributed by atoms with Crippen LogP contribution in [0.1, 0.15) is 13.8 Å². The molecule has 0 saturated carbocycles. The van der Waals surface area contributed by atoms with Gasteiger partial charge in [-0.1, -0.05) is 22.9 Å². The topological polar surface area (TPSA) is 57.7 Å². The molecule has 2 aromatic rings. The van der Waals surface area contributed by atoms with Gasteiger partial charge in [0.05, 0.1) is 16.8 Å². The van der Waals surface area contributed by atoms with Gasteiger partial charge in [-0.15, -0.1) is 0 Å². The number of benzene rings is 1. The maximum Gasteiger partial charge on any atom is 0.317 e. The van der Waals surface area contributed by atoms with E-state index in [4.69, 9.17) is 21.3 Å². The Morgan fingerprint density at radius 1 is 1.33 bits per heavy atom. The molecule has 0 bridgehead atoms. The monoisotopic (exact) mass is 368 g/mol. The molecule has 1 aliphatic rings. The predicted molar refractivity (Wildman–Crippen MR) is 98.6 cm³/mol. The summed E-state index contributed by atoms with van der Waals surface area (Å²) in [5, 5.41) is 4.53. The molecule has 24 heavy (non-hydrogen) atoms. The quantitative estimate of drug-likeness (QED) is 0.903. The molecule has 0 unspecified atom stereocenters. The second-order valence-corrected chi connectivity index (χ2v) is 7.39. The standard InChI is InChI=1S/C16H21ClN4O2S/c1-10(2)18-15(22)20-6-8-21(9-7-20)16-19-13-12(23-3)5-4-11(17)14(13)24-16/h4-5,10H,6-9H2,1-3H3,(H,18,22). The maximum atomic E-state index is 12.1. The molecule has 1 aromatic carbocycles. The van der Waals surface area contributed by atoms with E-state index < -0.39 is 0 Å². The number of nitrogens with one attached hydrogen (secondary N) is 1. The third kappa shape index (κ3) is 3.37. The molecule has 1 aliphatic heterocycles. The average molecular weight is 369 g/mol. The molecular weight excluding hydrogens is 348 g/mol. The van der Waals surface area contributed by atoms with E-state index in [9.17, 15) is 4.79 Å². The molecule has 130 valence electrons. The van der Waals surface area contributed by atoms with Crippen molar-refractivity contribution in [2.24, 2.45) is 0 Å². The molecule has 0 spiro atoms. The van der Waals surface area contributed by atoms with E-state index in [-0.39, 0.29) is 12.1 Å². The zero-order valence-corrected chi connectivity index (χ0v) is 15.6. The van der Waals surface area contributed by atoms with E-state index >= 15 is 0 Å². The molecule has 1 N–H and O–H groups in total. The van der Waals surface area contributed by atoms with E-state index in [1.807, 2.05) is 30.9 Å². The van der Waals surface area contributed by atoms with Crippen molar-refractivity contribution in [3.8, 4) is 5.75 Å². The molecule has 0 aliphatic carbocycles. The van der Waals surface area contributed by atoms with Crippen LogP contribution < -0.4 is 15.0 Å². The lowest BCUT2D eigenvalue weighted by Crippen LogP contribution is -2.52. The number of thiazole rings is 1. The van der Waals surface area contributed by atoms with E-state index in [1.165, 1.54) is 0 Å². The summed E-state index contributed by atoms with van der Waals surface area (Å²) >= 11 is 7.85. The fraction of sp³-hybridized carbons (Fsp3) is 0.500. The van der Waals surface area contributed by atoms with E-state index in [0.29, 0.717) is 18.1 Å². The number of piperazine rings is 1. The molecule has 3 rings (SSSR count). The third-order valence-corrected chi connectivity index (χ3v) is 5.49. The zero-order chi connectivity index (χ0) is 17.3. The number of methoxy groups -OCH3 is 1. The van der Waals surface area contributed by atoms with Crippen LogP contribution in [0.4, 0.5) is 9.93 Å². The van der Waals surface area contributed by atoms with Gasteiger partial charge in [0.15, 0.2) is 5.13 Å². The van der Waals surface area contributed by atoms with Gasteiger partial charge in [0.1, 0.15) is 11.3 Å². The van der Waals surface area contributed by atoms with Crippen LogP contribution in [0.15, 0.2) is 12.1 Å². The van der Waals surface area contributed by atoms with E-state index in [1.54, 1.807) is 18.4 Å². The van der Waals surface area contributed by atoms with Gasteiger partial charge in [-0.05, 0) is 26.0 Å². The molecular formula is C16H21ClN4O2S. The molecule has 6 nitrogen and oxygen atoms in total. The second kappa shape index (κ2) is 7.03. The SMILES string of the molecule is COc1ccc(Cl)c2sc(N3CCN(C(=O)NC(C)C)CC3)nc12. The van der Waals surface area contributed by atoms with E-state index in [0.717, 1.165) is 34.2 Å². The minimum Gasteiger partial charge on any atom is -0.494 e. The Morgan fingerprint density at radius 3 is 2.67 bits per heavy atom. The number of halogens is 1. The van der Waals surface area contributed by atoms with Gasteiger partial charge in [-0.2, -0.15) is 0 Å². The van der Waals surface area contributed by atoms with Gasteiger partial charge in [0.2, 0.25) is 0 Å². The highest BCUT2D eigenvalue weighted by Gasteiger charge is 2.24. The minimum absolute atomic E-state index is 0.00124.